The Balaban J connectivity index is 3.34. The average Bonchev–Trinajstić information content (AvgIpc) is 2.38. The summed E-state index contributed by atoms with van der Waals surface area (Å²) in [6, 6.07) is 1.92. The van der Waals surface area contributed by atoms with E-state index in [0.29, 0.717) is 13.2 Å². The molecule has 1 aromatic rings. The first kappa shape index (κ1) is 18.3. The molecular formula is C12H11Br5O2. The van der Waals surface area contributed by atoms with Crippen LogP contribution in [-0.2, 0) is 14.2 Å². The Morgan fingerprint density at radius 3 is 2.32 bits per heavy atom. The number of alkyl halides is 1. The molecule has 0 saturated heterocycles. The van der Waals surface area contributed by atoms with E-state index in [1.165, 1.54) is 0 Å². The second-order valence-electron chi connectivity index (χ2n) is 3.42. The molecule has 1 rings (SSSR count). The van der Waals surface area contributed by atoms with Gasteiger partial charge in [-0.2, -0.15) is 0 Å². The summed E-state index contributed by atoms with van der Waals surface area (Å²) in [7, 11) is 0. The summed E-state index contributed by atoms with van der Waals surface area (Å²) < 4.78 is 13.9. The summed E-state index contributed by atoms with van der Waals surface area (Å²) in [4.78, 5) is 0. The standard InChI is InChI=1S/C12H11Br5O2/c1-3-5-19-12(17,18-4-2)7-6-8(13)10(15)11(16)9(7)14/h3,6H,1,4-5H2,2H3. The molecule has 0 spiro atoms. The zero-order valence-electron chi connectivity index (χ0n) is 9.98. The molecule has 1 unspecified atom stereocenters. The molecule has 1 aromatic carbocycles. The van der Waals surface area contributed by atoms with Gasteiger partial charge in [0.1, 0.15) is 0 Å². The van der Waals surface area contributed by atoms with Crippen LogP contribution in [0.5, 0.6) is 0 Å². The molecule has 1 atom stereocenters. The molecule has 0 amide bonds. The molecular weight excluding hydrogens is 576 g/mol. The molecule has 7 heteroatoms. The highest BCUT2D eigenvalue weighted by Gasteiger charge is 2.34. The van der Waals surface area contributed by atoms with Crippen LogP contribution in [0.15, 0.2) is 36.6 Å². The van der Waals surface area contributed by atoms with Crippen molar-refractivity contribution in [3.05, 3.63) is 42.2 Å². The third kappa shape index (κ3) is 4.37. The Morgan fingerprint density at radius 1 is 1.16 bits per heavy atom. The molecule has 0 fully saturated rings. The second-order valence-corrected chi connectivity index (χ2v) is 7.69. The van der Waals surface area contributed by atoms with E-state index < -0.39 is 4.70 Å². The van der Waals surface area contributed by atoms with E-state index in [-0.39, 0.29) is 0 Å². The molecule has 0 aromatic heterocycles. The fourth-order valence-corrected chi connectivity index (χ4v) is 4.55. The van der Waals surface area contributed by atoms with Crippen molar-refractivity contribution in [1.29, 1.82) is 0 Å². The van der Waals surface area contributed by atoms with Gasteiger partial charge in [0.15, 0.2) is 0 Å². The topological polar surface area (TPSA) is 18.5 Å². The monoisotopic (exact) mass is 582 g/mol. The van der Waals surface area contributed by atoms with Crippen molar-refractivity contribution >= 4 is 79.6 Å². The van der Waals surface area contributed by atoms with Crippen molar-refractivity contribution < 1.29 is 9.47 Å². The third-order valence-electron chi connectivity index (χ3n) is 2.14. The van der Waals surface area contributed by atoms with E-state index in [1.54, 1.807) is 6.08 Å². The summed E-state index contributed by atoms with van der Waals surface area (Å²) in [5.74, 6) is 0. The molecule has 0 aliphatic rings. The highest BCUT2D eigenvalue weighted by atomic mass is 79.9. The van der Waals surface area contributed by atoms with E-state index in [2.05, 4.69) is 86.2 Å². The minimum absolute atomic E-state index is 0.364. The van der Waals surface area contributed by atoms with Crippen LogP contribution in [0.2, 0.25) is 0 Å². The second kappa shape index (κ2) is 8.06. The first-order chi connectivity index (χ1) is 8.87. The van der Waals surface area contributed by atoms with Gasteiger partial charge in [-0.05, 0) is 92.6 Å². The maximum Gasteiger partial charge on any atom is 0.255 e. The van der Waals surface area contributed by atoms with E-state index >= 15 is 0 Å². The minimum atomic E-state index is -1.03. The summed E-state index contributed by atoms with van der Waals surface area (Å²) >= 11 is 17.6. The SMILES string of the molecule is C=CCOC(Br)(OCC)c1cc(Br)c(Br)c(Br)c1Br. The number of halogens is 5. The van der Waals surface area contributed by atoms with Crippen molar-refractivity contribution in [2.45, 2.75) is 11.6 Å². The smallest absolute Gasteiger partial charge is 0.255 e. The summed E-state index contributed by atoms with van der Waals surface area (Å²) in [5, 5.41) is 0. The fraction of sp³-hybridized carbons (Fsp3) is 0.333. The van der Waals surface area contributed by atoms with Crippen molar-refractivity contribution in [2.75, 3.05) is 13.2 Å². The Bertz CT molecular complexity index is 478. The maximum atomic E-state index is 5.73. The lowest BCUT2D eigenvalue weighted by Gasteiger charge is -2.29. The normalized spacial score (nSPS) is 14.2. The van der Waals surface area contributed by atoms with Crippen LogP contribution < -0.4 is 0 Å². The minimum Gasteiger partial charge on any atom is -0.337 e. The van der Waals surface area contributed by atoms with E-state index in [4.69, 9.17) is 9.47 Å². The highest BCUT2D eigenvalue weighted by molar-refractivity contribution is 9.15. The van der Waals surface area contributed by atoms with Crippen LogP contribution in [-0.4, -0.2) is 13.2 Å². The fourth-order valence-electron chi connectivity index (χ4n) is 1.34. The summed E-state index contributed by atoms with van der Waals surface area (Å²) in [5.41, 5.74) is 0.818. The largest absolute Gasteiger partial charge is 0.337 e. The van der Waals surface area contributed by atoms with Crippen LogP contribution >= 0.6 is 79.6 Å². The van der Waals surface area contributed by atoms with Crippen LogP contribution in [0, 0.1) is 0 Å². The lowest BCUT2D eigenvalue weighted by Crippen LogP contribution is -2.27. The molecule has 0 heterocycles. The van der Waals surface area contributed by atoms with Crippen molar-refractivity contribution in [3.63, 3.8) is 0 Å². The van der Waals surface area contributed by atoms with Crippen LogP contribution in [0.4, 0.5) is 0 Å². The zero-order valence-corrected chi connectivity index (χ0v) is 17.9. The van der Waals surface area contributed by atoms with Gasteiger partial charge >= 0.3 is 0 Å². The van der Waals surface area contributed by atoms with Gasteiger partial charge in [0.05, 0.1) is 6.61 Å². The van der Waals surface area contributed by atoms with E-state index in [0.717, 1.165) is 23.5 Å². The lowest BCUT2D eigenvalue weighted by atomic mass is 10.2. The number of ether oxygens (including phenoxy) is 2. The summed E-state index contributed by atoms with van der Waals surface area (Å²) in [6.45, 7) is 6.42. The van der Waals surface area contributed by atoms with Gasteiger partial charge in [0.2, 0.25) is 0 Å². The Kier molecular flexibility index (Phi) is 7.77. The van der Waals surface area contributed by atoms with Crippen LogP contribution in [0.1, 0.15) is 12.5 Å². The van der Waals surface area contributed by atoms with Gasteiger partial charge in [0.25, 0.3) is 4.70 Å². The Labute approximate surface area is 154 Å². The zero-order chi connectivity index (χ0) is 14.6. The Hall–Kier alpha value is 1.28. The third-order valence-corrected chi connectivity index (χ3v) is 7.69. The predicted octanol–water partition coefficient (Wildman–Crippen LogP) is 6.48. The first-order valence-corrected chi connectivity index (χ1v) is 9.25. The Morgan fingerprint density at radius 2 is 1.79 bits per heavy atom. The average molecular weight is 587 g/mol. The molecule has 2 nitrogen and oxygen atoms in total. The van der Waals surface area contributed by atoms with Gasteiger partial charge in [-0.3, -0.25) is 0 Å². The maximum absolute atomic E-state index is 5.73. The molecule has 0 bridgehead atoms. The molecule has 0 radical (unpaired) electrons. The van der Waals surface area contributed by atoms with E-state index in [9.17, 15) is 0 Å². The van der Waals surface area contributed by atoms with Crippen LogP contribution in [0.25, 0.3) is 0 Å². The van der Waals surface area contributed by atoms with Gasteiger partial charge < -0.3 is 9.47 Å². The summed E-state index contributed by atoms with van der Waals surface area (Å²) in [6.07, 6.45) is 1.67. The number of benzene rings is 1. The van der Waals surface area contributed by atoms with Crippen molar-refractivity contribution in [3.8, 4) is 0 Å². The van der Waals surface area contributed by atoms with Crippen molar-refractivity contribution in [2.24, 2.45) is 0 Å². The predicted molar refractivity (Wildman–Crippen MR) is 95.6 cm³/mol. The number of hydrogen-bond acceptors (Lipinski definition) is 2. The molecule has 0 saturated carbocycles. The highest BCUT2D eigenvalue weighted by Crippen LogP contribution is 2.46. The molecule has 106 valence electrons. The number of hydrogen-bond donors (Lipinski definition) is 0. The lowest BCUT2D eigenvalue weighted by molar-refractivity contribution is -0.162. The first-order valence-electron chi connectivity index (χ1n) is 5.28. The van der Waals surface area contributed by atoms with E-state index in [1.807, 2.05) is 13.0 Å². The quantitative estimate of drug-likeness (QED) is 0.125. The van der Waals surface area contributed by atoms with Gasteiger partial charge in [-0.15, -0.1) is 6.58 Å². The molecule has 0 N–H and O–H groups in total. The molecule has 0 aliphatic carbocycles. The number of rotatable bonds is 6. The van der Waals surface area contributed by atoms with Crippen LogP contribution in [0.3, 0.4) is 0 Å². The van der Waals surface area contributed by atoms with Gasteiger partial charge in [-0.25, -0.2) is 0 Å². The van der Waals surface area contributed by atoms with Gasteiger partial charge in [-0.1, -0.05) is 6.08 Å². The molecule has 0 aliphatic heterocycles. The van der Waals surface area contributed by atoms with Gasteiger partial charge in [0, 0.05) is 30.1 Å². The van der Waals surface area contributed by atoms with Crippen molar-refractivity contribution in [1.82, 2.24) is 0 Å². The molecule has 19 heavy (non-hydrogen) atoms.